The number of anilines is 1. The molecule has 1 atom stereocenters. The summed E-state index contributed by atoms with van der Waals surface area (Å²) in [5.74, 6) is -0.637. The first-order chi connectivity index (χ1) is 8.54. The van der Waals surface area contributed by atoms with E-state index in [9.17, 15) is 9.59 Å². The maximum atomic E-state index is 11.7. The number of hydrogen-bond donors (Lipinski definition) is 2. The average molecular weight is 250 g/mol. The van der Waals surface area contributed by atoms with Crippen molar-refractivity contribution in [1.82, 2.24) is 0 Å². The number of hydrogen-bond acceptors (Lipinski definition) is 4. The first-order valence-electron chi connectivity index (χ1n) is 5.77. The molecule has 0 bridgehead atoms. The van der Waals surface area contributed by atoms with E-state index in [0.29, 0.717) is 24.1 Å². The predicted molar refractivity (Wildman–Crippen MR) is 69.3 cm³/mol. The minimum atomic E-state index is -0.474. The Morgan fingerprint density at radius 1 is 1.39 bits per heavy atom. The highest BCUT2D eigenvalue weighted by Crippen LogP contribution is 2.16. The van der Waals surface area contributed by atoms with Gasteiger partial charge in [0.1, 0.15) is 0 Å². The molecule has 0 saturated heterocycles. The molecule has 0 heterocycles. The van der Waals surface area contributed by atoms with E-state index in [1.54, 1.807) is 24.3 Å². The number of carbonyl (C=O) groups is 2. The number of benzene rings is 1. The monoisotopic (exact) mass is 250 g/mol. The van der Waals surface area contributed by atoms with Gasteiger partial charge in [-0.2, -0.15) is 0 Å². The zero-order valence-corrected chi connectivity index (χ0v) is 10.6. The van der Waals surface area contributed by atoms with Crippen molar-refractivity contribution in [3.05, 3.63) is 29.8 Å². The molecule has 5 heteroatoms. The van der Waals surface area contributed by atoms with Crippen LogP contribution in [0, 0.1) is 0 Å². The van der Waals surface area contributed by atoms with Crippen LogP contribution in [0.15, 0.2) is 24.3 Å². The summed E-state index contributed by atoms with van der Waals surface area (Å²) in [5, 5.41) is 2.69. The highest BCUT2D eigenvalue weighted by molar-refractivity contribution is 6.01. The number of nitrogens with one attached hydrogen (secondary N) is 1. The van der Waals surface area contributed by atoms with Crippen molar-refractivity contribution in [3.8, 4) is 0 Å². The normalized spacial score (nSPS) is 11.7. The Kier molecular flexibility index (Phi) is 5.32. The second-order valence-corrected chi connectivity index (χ2v) is 4.10. The molecule has 0 spiro atoms. The van der Waals surface area contributed by atoms with Gasteiger partial charge in [-0.3, -0.25) is 4.79 Å². The third-order valence-electron chi connectivity index (χ3n) is 2.43. The van der Waals surface area contributed by atoms with Gasteiger partial charge in [0.05, 0.1) is 18.4 Å². The molecule has 0 aliphatic carbocycles. The molecular weight excluding hydrogens is 232 g/mol. The molecule has 0 fully saturated rings. The summed E-state index contributed by atoms with van der Waals surface area (Å²) in [6.07, 6.45) is 0.930. The number of carbonyl (C=O) groups excluding carboxylic acids is 2. The van der Waals surface area contributed by atoms with Gasteiger partial charge < -0.3 is 15.8 Å². The second kappa shape index (κ2) is 6.76. The largest absolute Gasteiger partial charge is 0.465 e. The maximum Gasteiger partial charge on any atom is 0.339 e. The average Bonchev–Trinajstić information content (AvgIpc) is 2.36. The van der Waals surface area contributed by atoms with Crippen LogP contribution in [-0.4, -0.2) is 25.0 Å². The zero-order chi connectivity index (χ0) is 13.5. The van der Waals surface area contributed by atoms with Gasteiger partial charge in [0, 0.05) is 12.5 Å². The quantitative estimate of drug-likeness (QED) is 0.777. The Morgan fingerprint density at radius 3 is 2.67 bits per heavy atom. The van der Waals surface area contributed by atoms with Crippen molar-refractivity contribution in [2.24, 2.45) is 5.73 Å². The van der Waals surface area contributed by atoms with Crippen molar-refractivity contribution < 1.29 is 14.3 Å². The number of nitrogens with two attached hydrogens (primary N) is 1. The molecular formula is C13H18N2O3. The summed E-state index contributed by atoms with van der Waals surface area (Å²) in [4.78, 5) is 23.1. The lowest BCUT2D eigenvalue weighted by Gasteiger charge is -2.10. The van der Waals surface area contributed by atoms with E-state index in [1.807, 2.05) is 6.92 Å². The Labute approximate surface area is 106 Å². The Morgan fingerprint density at radius 2 is 2.06 bits per heavy atom. The van der Waals surface area contributed by atoms with Gasteiger partial charge in [-0.25, -0.2) is 4.79 Å². The van der Waals surface area contributed by atoms with E-state index in [0.717, 1.165) is 0 Å². The van der Waals surface area contributed by atoms with E-state index in [4.69, 9.17) is 5.73 Å². The molecule has 0 radical (unpaired) electrons. The summed E-state index contributed by atoms with van der Waals surface area (Å²) >= 11 is 0. The summed E-state index contributed by atoms with van der Waals surface area (Å²) in [7, 11) is 1.30. The number of amides is 1. The molecule has 0 aliphatic rings. The van der Waals surface area contributed by atoms with Gasteiger partial charge in [-0.1, -0.05) is 12.1 Å². The van der Waals surface area contributed by atoms with Gasteiger partial charge in [0.25, 0.3) is 0 Å². The molecule has 0 saturated carbocycles. The van der Waals surface area contributed by atoms with E-state index < -0.39 is 5.97 Å². The molecule has 0 aromatic heterocycles. The molecule has 1 amide bonds. The van der Waals surface area contributed by atoms with Crippen molar-refractivity contribution in [3.63, 3.8) is 0 Å². The van der Waals surface area contributed by atoms with Gasteiger partial charge >= 0.3 is 5.97 Å². The Hall–Kier alpha value is -1.88. The highest BCUT2D eigenvalue weighted by atomic mass is 16.5. The van der Waals surface area contributed by atoms with Crippen LogP contribution in [0.2, 0.25) is 0 Å². The van der Waals surface area contributed by atoms with Crippen molar-refractivity contribution in [2.45, 2.75) is 25.8 Å². The fourth-order valence-electron chi connectivity index (χ4n) is 1.45. The van der Waals surface area contributed by atoms with Crippen LogP contribution in [0.25, 0.3) is 0 Å². The number of rotatable bonds is 5. The number of esters is 1. The molecule has 1 aromatic carbocycles. The van der Waals surface area contributed by atoms with E-state index in [-0.39, 0.29) is 11.9 Å². The summed E-state index contributed by atoms with van der Waals surface area (Å²) in [5.41, 5.74) is 6.38. The molecule has 1 unspecified atom stereocenters. The molecule has 98 valence electrons. The predicted octanol–water partition coefficient (Wildman–Crippen LogP) is 1.54. The van der Waals surface area contributed by atoms with E-state index in [2.05, 4.69) is 10.1 Å². The van der Waals surface area contributed by atoms with Gasteiger partial charge in [0.15, 0.2) is 0 Å². The first kappa shape index (κ1) is 14.2. The van der Waals surface area contributed by atoms with Crippen LogP contribution in [0.4, 0.5) is 5.69 Å². The van der Waals surface area contributed by atoms with Crippen molar-refractivity contribution in [2.75, 3.05) is 12.4 Å². The Balaban J connectivity index is 2.72. The second-order valence-electron chi connectivity index (χ2n) is 4.10. The number of para-hydroxylation sites is 1. The SMILES string of the molecule is COC(=O)c1ccccc1NC(=O)CCC(C)N. The minimum Gasteiger partial charge on any atom is -0.465 e. The molecule has 1 rings (SSSR count). The van der Waals surface area contributed by atoms with Crippen LogP contribution in [0.1, 0.15) is 30.1 Å². The van der Waals surface area contributed by atoms with Gasteiger partial charge in [-0.15, -0.1) is 0 Å². The topological polar surface area (TPSA) is 81.4 Å². The van der Waals surface area contributed by atoms with Crippen LogP contribution in [0.5, 0.6) is 0 Å². The maximum absolute atomic E-state index is 11.7. The fraction of sp³-hybridized carbons (Fsp3) is 0.385. The molecule has 0 aliphatic heterocycles. The fourth-order valence-corrected chi connectivity index (χ4v) is 1.45. The van der Waals surface area contributed by atoms with E-state index in [1.165, 1.54) is 7.11 Å². The molecule has 5 nitrogen and oxygen atoms in total. The van der Waals surface area contributed by atoms with Crippen LogP contribution in [-0.2, 0) is 9.53 Å². The highest BCUT2D eigenvalue weighted by Gasteiger charge is 2.13. The zero-order valence-electron chi connectivity index (χ0n) is 10.6. The lowest BCUT2D eigenvalue weighted by molar-refractivity contribution is -0.116. The third kappa shape index (κ3) is 4.18. The molecule has 18 heavy (non-hydrogen) atoms. The van der Waals surface area contributed by atoms with Gasteiger partial charge in [0.2, 0.25) is 5.91 Å². The summed E-state index contributed by atoms with van der Waals surface area (Å²) < 4.78 is 4.65. The third-order valence-corrected chi connectivity index (χ3v) is 2.43. The van der Waals surface area contributed by atoms with E-state index >= 15 is 0 Å². The summed E-state index contributed by atoms with van der Waals surface area (Å²) in [6, 6.07) is 6.70. The van der Waals surface area contributed by atoms with Gasteiger partial charge in [-0.05, 0) is 25.5 Å². The lowest BCUT2D eigenvalue weighted by Crippen LogP contribution is -2.20. The smallest absolute Gasteiger partial charge is 0.339 e. The van der Waals surface area contributed by atoms with Crippen LogP contribution >= 0.6 is 0 Å². The first-order valence-corrected chi connectivity index (χ1v) is 5.77. The number of ether oxygens (including phenoxy) is 1. The lowest BCUT2D eigenvalue weighted by atomic mass is 10.1. The Bertz CT molecular complexity index is 430. The van der Waals surface area contributed by atoms with Crippen LogP contribution < -0.4 is 11.1 Å². The van der Waals surface area contributed by atoms with Crippen molar-refractivity contribution in [1.29, 1.82) is 0 Å². The molecule has 1 aromatic rings. The molecule has 3 N–H and O–H groups in total. The summed E-state index contributed by atoms with van der Waals surface area (Å²) in [6.45, 7) is 1.84. The standard InChI is InChI=1S/C13H18N2O3/c1-9(14)7-8-12(16)15-11-6-4-3-5-10(11)13(17)18-2/h3-6,9H,7-8,14H2,1-2H3,(H,15,16). The number of methoxy groups -OCH3 is 1. The minimum absolute atomic E-state index is 0.0217. The van der Waals surface area contributed by atoms with Crippen molar-refractivity contribution >= 4 is 17.6 Å². The van der Waals surface area contributed by atoms with Crippen LogP contribution in [0.3, 0.4) is 0 Å².